The number of carbonyl (C=O) groups excluding carboxylic acids is 1. The van der Waals surface area contributed by atoms with Crippen LogP contribution in [0.4, 0.5) is 0 Å². The molecule has 3 nitrogen and oxygen atoms in total. The van der Waals surface area contributed by atoms with Crippen LogP contribution in [0.25, 0.3) is 0 Å². The van der Waals surface area contributed by atoms with Crippen molar-refractivity contribution >= 4 is 5.97 Å². The number of hydrogen-bond acceptors (Lipinski definition) is 3. The first-order valence-electron chi connectivity index (χ1n) is 9.71. The van der Waals surface area contributed by atoms with Crippen molar-refractivity contribution in [2.24, 2.45) is 5.92 Å². The van der Waals surface area contributed by atoms with E-state index < -0.39 is 5.60 Å². The Morgan fingerprint density at radius 3 is 1.61 bits per heavy atom. The fourth-order valence-electron chi connectivity index (χ4n) is 3.91. The number of cyclic esters (lactones) is 1. The van der Waals surface area contributed by atoms with E-state index in [9.17, 15) is 4.79 Å². The molecule has 0 bridgehead atoms. The average molecular weight is 372 g/mol. The molecule has 0 amide bonds. The predicted octanol–water partition coefficient (Wildman–Crippen LogP) is 4.95. The van der Waals surface area contributed by atoms with Gasteiger partial charge in [0.25, 0.3) is 0 Å². The summed E-state index contributed by atoms with van der Waals surface area (Å²) in [6.45, 7) is 2.25. The van der Waals surface area contributed by atoms with Crippen molar-refractivity contribution in [1.29, 1.82) is 0 Å². The molecule has 28 heavy (non-hydrogen) atoms. The van der Waals surface area contributed by atoms with Crippen molar-refractivity contribution in [1.82, 2.24) is 0 Å². The van der Waals surface area contributed by atoms with E-state index in [4.69, 9.17) is 9.47 Å². The van der Waals surface area contributed by atoms with Gasteiger partial charge in [-0.15, -0.1) is 0 Å². The van der Waals surface area contributed by atoms with E-state index >= 15 is 0 Å². The number of carbonyl (C=O) groups is 1. The molecule has 4 rings (SSSR count). The van der Waals surface area contributed by atoms with Gasteiger partial charge in [-0.1, -0.05) is 97.9 Å². The first kappa shape index (κ1) is 18.5. The number of hydrogen-bond donors (Lipinski definition) is 0. The first-order valence-corrected chi connectivity index (χ1v) is 9.71. The molecule has 3 aromatic carbocycles. The molecule has 1 saturated heterocycles. The fraction of sp³-hybridized carbons (Fsp3) is 0.240. The maximum absolute atomic E-state index is 11.8. The summed E-state index contributed by atoms with van der Waals surface area (Å²) in [7, 11) is 0. The van der Waals surface area contributed by atoms with Crippen LogP contribution in [0.1, 0.15) is 30.0 Å². The highest BCUT2D eigenvalue weighted by Gasteiger charge is 2.40. The molecule has 3 aromatic rings. The zero-order valence-corrected chi connectivity index (χ0v) is 16.0. The van der Waals surface area contributed by atoms with Gasteiger partial charge in [0.15, 0.2) is 0 Å². The molecule has 1 aliphatic heterocycles. The molecule has 3 heteroatoms. The Labute approximate surface area is 165 Å². The summed E-state index contributed by atoms with van der Waals surface area (Å²) in [5.74, 6) is -0.216. The summed E-state index contributed by atoms with van der Waals surface area (Å²) in [6.07, 6.45) is 0.464. The minimum atomic E-state index is -0.776. The van der Waals surface area contributed by atoms with Gasteiger partial charge in [0, 0.05) is 0 Å². The SMILES string of the molecule is C[C@@H]1C[C@H](COC(c2ccccc2)(c2ccccc2)c2ccccc2)OC1=O. The molecule has 0 radical (unpaired) electrons. The van der Waals surface area contributed by atoms with Crippen molar-refractivity contribution in [3.63, 3.8) is 0 Å². The van der Waals surface area contributed by atoms with Crippen molar-refractivity contribution in [3.05, 3.63) is 108 Å². The van der Waals surface area contributed by atoms with Gasteiger partial charge in [-0.05, 0) is 23.1 Å². The Morgan fingerprint density at radius 1 is 0.821 bits per heavy atom. The zero-order chi connectivity index (χ0) is 19.4. The summed E-state index contributed by atoms with van der Waals surface area (Å²) in [5.41, 5.74) is 2.36. The van der Waals surface area contributed by atoms with Crippen molar-refractivity contribution in [2.75, 3.05) is 6.61 Å². The van der Waals surface area contributed by atoms with E-state index in [0.29, 0.717) is 13.0 Å². The molecule has 1 aliphatic rings. The van der Waals surface area contributed by atoms with Crippen LogP contribution in [0.3, 0.4) is 0 Å². The topological polar surface area (TPSA) is 35.5 Å². The maximum Gasteiger partial charge on any atom is 0.309 e. The molecule has 2 atom stereocenters. The van der Waals surface area contributed by atoms with Gasteiger partial charge >= 0.3 is 5.97 Å². The third-order valence-electron chi connectivity index (χ3n) is 5.33. The molecule has 1 heterocycles. The highest BCUT2D eigenvalue weighted by molar-refractivity contribution is 5.74. The van der Waals surface area contributed by atoms with Crippen molar-refractivity contribution < 1.29 is 14.3 Å². The highest BCUT2D eigenvalue weighted by atomic mass is 16.6. The lowest BCUT2D eigenvalue weighted by Crippen LogP contribution is -2.35. The summed E-state index contributed by atoms with van der Waals surface area (Å²) < 4.78 is 12.2. The van der Waals surface area contributed by atoms with Crippen molar-refractivity contribution in [2.45, 2.75) is 25.0 Å². The molecule has 0 aliphatic carbocycles. The lowest BCUT2D eigenvalue weighted by atomic mass is 9.80. The fourth-order valence-corrected chi connectivity index (χ4v) is 3.91. The molecule has 0 unspecified atom stereocenters. The summed E-state index contributed by atoms with van der Waals surface area (Å²) in [5, 5.41) is 0. The number of rotatable bonds is 6. The smallest absolute Gasteiger partial charge is 0.309 e. The van der Waals surface area contributed by atoms with E-state index in [0.717, 1.165) is 16.7 Å². The lowest BCUT2D eigenvalue weighted by molar-refractivity contribution is -0.147. The van der Waals surface area contributed by atoms with E-state index in [2.05, 4.69) is 36.4 Å². The van der Waals surface area contributed by atoms with Crippen LogP contribution >= 0.6 is 0 Å². The second-order valence-corrected chi connectivity index (χ2v) is 7.29. The van der Waals surface area contributed by atoms with E-state index in [1.54, 1.807) is 0 Å². The quantitative estimate of drug-likeness (QED) is 0.454. The molecule has 0 aromatic heterocycles. The van der Waals surface area contributed by atoms with Crippen LogP contribution in [-0.4, -0.2) is 18.7 Å². The van der Waals surface area contributed by atoms with Crippen LogP contribution in [0, 0.1) is 5.92 Å². The zero-order valence-electron chi connectivity index (χ0n) is 16.0. The second kappa shape index (κ2) is 7.99. The standard InChI is InChI=1S/C25H24O3/c1-19-17-23(28-24(19)26)18-27-25(20-11-5-2-6-12-20,21-13-7-3-8-14-21)22-15-9-4-10-16-22/h2-16,19,23H,17-18H2,1H3/t19-,23-/m1/s1. The third-order valence-corrected chi connectivity index (χ3v) is 5.33. The average Bonchev–Trinajstić information content (AvgIpc) is 3.08. The summed E-state index contributed by atoms with van der Waals surface area (Å²) in [6, 6.07) is 30.7. The highest BCUT2D eigenvalue weighted by Crippen LogP contribution is 2.41. The van der Waals surface area contributed by atoms with Gasteiger partial charge in [-0.2, -0.15) is 0 Å². The van der Waals surface area contributed by atoms with Gasteiger partial charge < -0.3 is 9.47 Å². The van der Waals surface area contributed by atoms with Gasteiger partial charge in [-0.25, -0.2) is 0 Å². The lowest BCUT2D eigenvalue weighted by Gasteiger charge is -2.36. The van der Waals surface area contributed by atoms with Crippen LogP contribution < -0.4 is 0 Å². The monoisotopic (exact) mass is 372 g/mol. The van der Waals surface area contributed by atoms with E-state index in [1.807, 2.05) is 61.5 Å². The third kappa shape index (κ3) is 3.46. The number of ether oxygens (including phenoxy) is 2. The van der Waals surface area contributed by atoms with Crippen LogP contribution in [-0.2, 0) is 19.9 Å². The Morgan fingerprint density at radius 2 is 1.25 bits per heavy atom. The number of esters is 1. The Bertz CT molecular complexity index is 810. The molecule has 0 N–H and O–H groups in total. The molecular formula is C25H24O3. The van der Waals surface area contributed by atoms with Crippen molar-refractivity contribution in [3.8, 4) is 0 Å². The van der Waals surface area contributed by atoms with Crippen LogP contribution in [0.15, 0.2) is 91.0 Å². The first-order chi connectivity index (χ1) is 13.7. The van der Waals surface area contributed by atoms with E-state index in [-0.39, 0.29) is 18.0 Å². The van der Waals surface area contributed by atoms with E-state index in [1.165, 1.54) is 0 Å². The molecule has 0 saturated carbocycles. The number of benzene rings is 3. The maximum atomic E-state index is 11.8. The summed E-state index contributed by atoms with van der Waals surface area (Å²) >= 11 is 0. The molecular weight excluding hydrogens is 348 g/mol. The molecule has 0 spiro atoms. The van der Waals surface area contributed by atoms with Crippen LogP contribution in [0.2, 0.25) is 0 Å². The Balaban J connectivity index is 1.80. The summed E-state index contributed by atoms with van der Waals surface area (Å²) in [4.78, 5) is 11.8. The molecule has 142 valence electrons. The minimum Gasteiger partial charge on any atom is -0.460 e. The largest absolute Gasteiger partial charge is 0.460 e. The van der Waals surface area contributed by atoms with Gasteiger partial charge in [-0.3, -0.25) is 4.79 Å². The van der Waals surface area contributed by atoms with Gasteiger partial charge in [0.05, 0.1) is 12.5 Å². The van der Waals surface area contributed by atoms with Gasteiger partial charge in [0.2, 0.25) is 0 Å². The molecule has 1 fully saturated rings. The van der Waals surface area contributed by atoms with Crippen LogP contribution in [0.5, 0.6) is 0 Å². The second-order valence-electron chi connectivity index (χ2n) is 7.29. The normalized spacial score (nSPS) is 19.4. The van der Waals surface area contributed by atoms with Gasteiger partial charge in [0.1, 0.15) is 11.7 Å². The Hall–Kier alpha value is -2.91. The predicted molar refractivity (Wildman–Crippen MR) is 109 cm³/mol. The minimum absolute atomic E-state index is 0.0758. The Kier molecular flexibility index (Phi) is 5.27.